The fourth-order valence-corrected chi connectivity index (χ4v) is 13.9. The van der Waals surface area contributed by atoms with Gasteiger partial charge >= 0.3 is 0 Å². The van der Waals surface area contributed by atoms with Crippen LogP contribution in [0.1, 0.15) is 0 Å². The van der Waals surface area contributed by atoms with Crippen molar-refractivity contribution < 1.29 is 0 Å². The van der Waals surface area contributed by atoms with E-state index in [0.717, 1.165) is 82.6 Å². The Bertz CT molecular complexity index is 4750. The van der Waals surface area contributed by atoms with Gasteiger partial charge < -0.3 is 0 Å². The molecule has 0 N–H and O–H groups in total. The van der Waals surface area contributed by atoms with Crippen LogP contribution in [0, 0.1) is 0 Å². The molecule has 0 fully saturated rings. The van der Waals surface area contributed by atoms with E-state index in [4.69, 9.17) is 15.0 Å². The average Bonchev–Trinajstić information content (AvgIpc) is 4.30. The van der Waals surface area contributed by atoms with Gasteiger partial charge in [0.05, 0.1) is 22.1 Å². The summed E-state index contributed by atoms with van der Waals surface area (Å²) in [5.41, 5.74) is 14.0. The molecule has 0 amide bonds. The van der Waals surface area contributed by atoms with E-state index in [1.54, 1.807) is 0 Å². The second-order valence-electron chi connectivity index (χ2n) is 19.5. The van der Waals surface area contributed by atoms with Gasteiger partial charge in [0.25, 0.3) is 0 Å². The molecule has 11 aromatic carbocycles. The van der Waals surface area contributed by atoms with Crippen molar-refractivity contribution in [2.75, 3.05) is 0 Å². The minimum Gasteiger partial charge on any atom is -0.278 e. The van der Waals surface area contributed by atoms with Crippen molar-refractivity contribution in [3.05, 3.63) is 249 Å². The molecule has 0 spiro atoms. The average molecular weight is 1000 g/mol. The lowest BCUT2D eigenvalue weighted by Gasteiger charge is -2.17. The molecule has 16 aromatic rings. The Labute approximate surface area is 444 Å². The Morgan fingerprint density at radius 2 is 0.645 bits per heavy atom. The summed E-state index contributed by atoms with van der Waals surface area (Å²) in [6, 6.07) is 89.9. The first-order valence-electron chi connectivity index (χ1n) is 25.6. The fraction of sp³-hybridized carbons (Fsp3) is 0. The van der Waals surface area contributed by atoms with Crippen LogP contribution >= 0.6 is 22.7 Å². The number of aromatic nitrogens is 5. The van der Waals surface area contributed by atoms with E-state index in [-0.39, 0.29) is 0 Å². The Hall–Kier alpha value is -9.53. The molecule has 0 saturated heterocycles. The summed E-state index contributed by atoms with van der Waals surface area (Å²) in [4.78, 5) is 16.8. The molecule has 5 heterocycles. The SMILES string of the molecule is c1ccc(-c2cccc(-c3nc(-n4c5ccccc5c5cc(-c6ccc7sc8ccccc8c7c6)ccc54)nc(-n4c5ccccc5c5cc(-c6ccc7sc8ccccc8c7c6)ccc54)n3)c2-c2ccccc2)cc1. The zero-order chi connectivity index (χ0) is 49.8. The summed E-state index contributed by atoms with van der Waals surface area (Å²) in [7, 11) is 0. The van der Waals surface area contributed by atoms with Gasteiger partial charge in [-0.1, -0.05) is 176 Å². The molecular weight excluding hydrogens is 963 g/mol. The molecule has 354 valence electrons. The van der Waals surface area contributed by atoms with Crippen LogP contribution in [0.4, 0.5) is 0 Å². The first-order valence-corrected chi connectivity index (χ1v) is 27.2. The van der Waals surface area contributed by atoms with Gasteiger partial charge in [0.1, 0.15) is 0 Å². The second-order valence-corrected chi connectivity index (χ2v) is 21.7. The zero-order valence-corrected chi connectivity index (χ0v) is 42.4. The van der Waals surface area contributed by atoms with Crippen LogP contribution in [0.5, 0.6) is 0 Å². The van der Waals surface area contributed by atoms with Crippen molar-refractivity contribution in [2.24, 2.45) is 0 Å². The Balaban J connectivity index is 0.942. The van der Waals surface area contributed by atoms with Crippen LogP contribution < -0.4 is 0 Å². The van der Waals surface area contributed by atoms with Crippen LogP contribution in [0.25, 0.3) is 152 Å². The van der Waals surface area contributed by atoms with Crippen LogP contribution in [0.3, 0.4) is 0 Å². The lowest BCUT2D eigenvalue weighted by Crippen LogP contribution is -2.10. The van der Waals surface area contributed by atoms with E-state index in [0.29, 0.717) is 17.7 Å². The summed E-state index contributed by atoms with van der Waals surface area (Å²) >= 11 is 3.69. The summed E-state index contributed by atoms with van der Waals surface area (Å²) < 4.78 is 9.66. The maximum atomic E-state index is 5.61. The highest BCUT2D eigenvalue weighted by atomic mass is 32.1. The van der Waals surface area contributed by atoms with Gasteiger partial charge in [-0.25, -0.2) is 0 Å². The first kappa shape index (κ1) is 42.9. The number of hydrogen-bond acceptors (Lipinski definition) is 5. The van der Waals surface area contributed by atoms with Crippen LogP contribution in [-0.2, 0) is 0 Å². The predicted molar refractivity (Wildman–Crippen MR) is 321 cm³/mol. The molecule has 0 atom stereocenters. The number of para-hydroxylation sites is 2. The predicted octanol–water partition coefficient (Wildman–Crippen LogP) is 19.1. The molecule has 76 heavy (non-hydrogen) atoms. The first-order chi connectivity index (χ1) is 37.7. The molecule has 7 heteroatoms. The monoisotopic (exact) mass is 1000 g/mol. The highest BCUT2D eigenvalue weighted by Crippen LogP contribution is 2.44. The summed E-state index contributed by atoms with van der Waals surface area (Å²) in [5, 5.41) is 9.65. The molecule has 0 radical (unpaired) electrons. The second kappa shape index (κ2) is 17.0. The third kappa shape index (κ3) is 6.73. The van der Waals surface area contributed by atoms with E-state index in [1.807, 2.05) is 22.7 Å². The Kier molecular flexibility index (Phi) is 9.61. The number of benzene rings is 11. The van der Waals surface area contributed by atoms with Crippen LogP contribution in [-0.4, -0.2) is 24.1 Å². The number of fused-ring (bicyclic) bond motifs is 12. The molecule has 0 aliphatic rings. The molecular formula is C69H41N5S2. The molecule has 5 nitrogen and oxygen atoms in total. The number of nitrogens with zero attached hydrogens (tertiary/aromatic N) is 5. The highest BCUT2D eigenvalue weighted by molar-refractivity contribution is 7.26. The summed E-state index contributed by atoms with van der Waals surface area (Å²) in [6.45, 7) is 0. The summed E-state index contributed by atoms with van der Waals surface area (Å²) in [6.07, 6.45) is 0. The van der Waals surface area contributed by atoms with E-state index in [1.165, 1.54) is 51.5 Å². The van der Waals surface area contributed by atoms with Crippen molar-refractivity contribution in [3.8, 4) is 67.8 Å². The third-order valence-corrected chi connectivity index (χ3v) is 17.5. The smallest absolute Gasteiger partial charge is 0.240 e. The minimum absolute atomic E-state index is 0.535. The highest BCUT2D eigenvalue weighted by Gasteiger charge is 2.24. The van der Waals surface area contributed by atoms with Crippen molar-refractivity contribution in [2.45, 2.75) is 0 Å². The van der Waals surface area contributed by atoms with E-state index < -0.39 is 0 Å². The minimum atomic E-state index is 0.535. The van der Waals surface area contributed by atoms with Gasteiger partial charge in [-0.05, 0) is 112 Å². The lowest BCUT2D eigenvalue weighted by molar-refractivity contribution is 0.893. The number of rotatable bonds is 7. The quantitative estimate of drug-likeness (QED) is 0.160. The maximum absolute atomic E-state index is 5.61. The van der Waals surface area contributed by atoms with Gasteiger partial charge in [0.2, 0.25) is 11.9 Å². The normalized spacial score (nSPS) is 11.9. The van der Waals surface area contributed by atoms with E-state index in [9.17, 15) is 0 Å². The molecule has 5 aromatic heterocycles. The molecule has 0 unspecified atom stereocenters. The van der Waals surface area contributed by atoms with Gasteiger partial charge in [-0.2, -0.15) is 15.0 Å². The number of hydrogen-bond donors (Lipinski definition) is 0. The molecule has 0 aliphatic heterocycles. The number of thiophene rings is 2. The van der Waals surface area contributed by atoms with Crippen molar-refractivity contribution in [3.63, 3.8) is 0 Å². The largest absolute Gasteiger partial charge is 0.278 e. The van der Waals surface area contributed by atoms with E-state index in [2.05, 4.69) is 258 Å². The molecule has 16 rings (SSSR count). The molecule has 0 aliphatic carbocycles. The van der Waals surface area contributed by atoms with Crippen molar-refractivity contribution in [1.29, 1.82) is 0 Å². The van der Waals surface area contributed by atoms with E-state index >= 15 is 0 Å². The van der Waals surface area contributed by atoms with Gasteiger partial charge in [-0.15, -0.1) is 22.7 Å². The van der Waals surface area contributed by atoms with Gasteiger partial charge in [0.15, 0.2) is 5.82 Å². The molecule has 0 saturated carbocycles. The van der Waals surface area contributed by atoms with Crippen molar-refractivity contribution >= 4 is 107 Å². The maximum Gasteiger partial charge on any atom is 0.240 e. The van der Waals surface area contributed by atoms with Gasteiger partial charge in [-0.3, -0.25) is 9.13 Å². The molecule has 0 bridgehead atoms. The van der Waals surface area contributed by atoms with Crippen molar-refractivity contribution in [1.82, 2.24) is 24.1 Å². The van der Waals surface area contributed by atoms with Crippen LogP contribution in [0.15, 0.2) is 249 Å². The zero-order valence-electron chi connectivity index (χ0n) is 40.7. The lowest BCUT2D eigenvalue weighted by atomic mass is 9.90. The van der Waals surface area contributed by atoms with Gasteiger partial charge in [0, 0.05) is 73.0 Å². The Morgan fingerprint density at radius 1 is 0.250 bits per heavy atom. The van der Waals surface area contributed by atoms with Crippen LogP contribution in [0.2, 0.25) is 0 Å². The third-order valence-electron chi connectivity index (χ3n) is 15.2. The topological polar surface area (TPSA) is 48.5 Å². The summed E-state index contributed by atoms with van der Waals surface area (Å²) in [5.74, 6) is 1.65. The Morgan fingerprint density at radius 3 is 1.17 bits per heavy atom. The standard InChI is InChI=1S/C69H41N5S2/c1-3-16-42(17-4-1)48-24-15-25-53(66(48)43-18-5-2-6-19-43)67-70-68(73-58-26-11-7-20-49(58)54-38-44(30-34-60(54)73)46-32-36-64-56(40-46)51-22-9-13-28-62(51)75-64)72-69(71-67)74-59-27-12-8-21-50(59)55-39-45(31-35-61(55)74)47-33-37-65-57(41-47)52-23-10-14-29-63(52)76-65/h1-41H. The fourth-order valence-electron chi connectivity index (χ4n) is 11.7.